The first-order valence-electron chi connectivity index (χ1n) is 6.20. The van der Waals surface area contributed by atoms with E-state index in [0.717, 1.165) is 19.3 Å². The van der Waals surface area contributed by atoms with Gasteiger partial charge < -0.3 is 9.84 Å². The number of hydrogen-bond acceptors (Lipinski definition) is 4. The lowest BCUT2D eigenvalue weighted by Crippen LogP contribution is -2.50. The first kappa shape index (κ1) is 13.3. The molecule has 0 unspecified atom stereocenters. The first-order valence-corrected chi connectivity index (χ1v) is 7.68. The Bertz CT molecular complexity index is 364. The second-order valence-electron chi connectivity index (χ2n) is 5.20. The maximum Gasteiger partial charge on any atom is 0.219 e. The minimum absolute atomic E-state index is 0.241. The van der Waals surface area contributed by atoms with Crippen molar-refractivity contribution < 1.29 is 18.3 Å². The van der Waals surface area contributed by atoms with Crippen molar-refractivity contribution in [2.24, 2.45) is 0 Å². The molecule has 0 radical (unpaired) electrons. The highest BCUT2D eigenvalue weighted by Crippen LogP contribution is 2.43. The van der Waals surface area contributed by atoms with Crippen LogP contribution in [0.2, 0.25) is 0 Å². The molecule has 0 spiro atoms. The van der Waals surface area contributed by atoms with E-state index in [2.05, 4.69) is 4.72 Å². The van der Waals surface area contributed by atoms with Crippen molar-refractivity contribution in [3.05, 3.63) is 0 Å². The summed E-state index contributed by atoms with van der Waals surface area (Å²) in [6.45, 7) is 0.241. The summed E-state index contributed by atoms with van der Waals surface area (Å²) < 4.78 is 31.4. The summed E-state index contributed by atoms with van der Waals surface area (Å²) in [5.41, 5.74) is 0. The van der Waals surface area contributed by atoms with Gasteiger partial charge in [-0.25, -0.2) is 13.1 Å². The minimum atomic E-state index is -3.38. The molecule has 0 heterocycles. The molecule has 2 saturated carbocycles. The van der Waals surface area contributed by atoms with Gasteiger partial charge in [0, 0.05) is 13.2 Å². The van der Waals surface area contributed by atoms with Crippen LogP contribution in [0.1, 0.15) is 38.5 Å². The SMILES string of the molecule is COCC1(S(=O)(=O)N[C@@H]2CCCC[C@H]2O)CC1. The molecule has 17 heavy (non-hydrogen) atoms. The highest BCUT2D eigenvalue weighted by atomic mass is 32.2. The van der Waals surface area contributed by atoms with E-state index >= 15 is 0 Å². The monoisotopic (exact) mass is 263 g/mol. The van der Waals surface area contributed by atoms with Gasteiger partial charge in [-0.3, -0.25) is 0 Å². The Balaban J connectivity index is 2.02. The Hall–Kier alpha value is -0.170. The highest BCUT2D eigenvalue weighted by Gasteiger charge is 2.55. The molecular weight excluding hydrogens is 242 g/mol. The van der Waals surface area contributed by atoms with Crippen molar-refractivity contribution >= 4 is 10.0 Å². The third kappa shape index (κ3) is 2.65. The third-order valence-corrected chi connectivity index (χ3v) is 6.10. The van der Waals surface area contributed by atoms with Gasteiger partial charge in [0.2, 0.25) is 10.0 Å². The molecule has 2 rings (SSSR count). The molecule has 2 aliphatic rings. The number of aliphatic hydroxyl groups excluding tert-OH is 1. The number of methoxy groups -OCH3 is 1. The lowest BCUT2D eigenvalue weighted by atomic mass is 9.93. The average molecular weight is 263 g/mol. The molecule has 0 aliphatic heterocycles. The number of hydrogen-bond donors (Lipinski definition) is 2. The normalized spacial score (nSPS) is 32.4. The molecule has 0 aromatic carbocycles. The van der Waals surface area contributed by atoms with Crippen LogP contribution in [0.5, 0.6) is 0 Å². The Morgan fingerprint density at radius 3 is 2.53 bits per heavy atom. The summed E-state index contributed by atoms with van der Waals surface area (Å²) in [5.74, 6) is 0. The van der Waals surface area contributed by atoms with Gasteiger partial charge in [-0.05, 0) is 25.7 Å². The smallest absolute Gasteiger partial charge is 0.219 e. The Labute approximate surface area is 103 Å². The van der Waals surface area contributed by atoms with Crippen LogP contribution < -0.4 is 4.72 Å². The van der Waals surface area contributed by atoms with Crippen LogP contribution in [0.15, 0.2) is 0 Å². The zero-order valence-electron chi connectivity index (χ0n) is 10.2. The molecule has 6 heteroatoms. The summed E-state index contributed by atoms with van der Waals surface area (Å²) in [6, 6.07) is -0.317. The van der Waals surface area contributed by atoms with E-state index in [1.807, 2.05) is 0 Å². The van der Waals surface area contributed by atoms with Gasteiger partial charge in [0.15, 0.2) is 0 Å². The fourth-order valence-electron chi connectivity index (χ4n) is 2.47. The Kier molecular flexibility index (Phi) is 3.77. The van der Waals surface area contributed by atoms with Crippen molar-refractivity contribution in [1.82, 2.24) is 4.72 Å². The summed E-state index contributed by atoms with van der Waals surface area (Å²) in [6.07, 6.45) is 4.12. The van der Waals surface area contributed by atoms with Gasteiger partial charge >= 0.3 is 0 Å². The maximum absolute atomic E-state index is 12.2. The average Bonchev–Trinajstić information content (AvgIpc) is 3.03. The predicted octanol–water partition coefficient (Wildman–Crippen LogP) is 0.388. The number of aliphatic hydroxyl groups is 1. The summed E-state index contributed by atoms with van der Waals surface area (Å²) in [7, 11) is -1.86. The van der Waals surface area contributed by atoms with Crippen LogP contribution in [-0.2, 0) is 14.8 Å². The molecule has 0 aromatic heterocycles. The first-order chi connectivity index (χ1) is 8.01. The van der Waals surface area contributed by atoms with E-state index in [9.17, 15) is 13.5 Å². The predicted molar refractivity (Wildman–Crippen MR) is 64.2 cm³/mol. The summed E-state index contributed by atoms with van der Waals surface area (Å²) in [5, 5.41) is 9.79. The molecular formula is C11H21NO4S. The fourth-order valence-corrected chi connectivity index (χ4v) is 4.30. The molecule has 100 valence electrons. The van der Waals surface area contributed by atoms with Crippen LogP contribution in [0.4, 0.5) is 0 Å². The number of nitrogens with one attached hydrogen (secondary N) is 1. The number of rotatable bonds is 5. The van der Waals surface area contributed by atoms with E-state index in [4.69, 9.17) is 4.74 Å². The van der Waals surface area contributed by atoms with Crippen LogP contribution in [0.25, 0.3) is 0 Å². The molecule has 0 saturated heterocycles. The second-order valence-corrected chi connectivity index (χ2v) is 7.30. The lowest BCUT2D eigenvalue weighted by Gasteiger charge is -2.29. The van der Waals surface area contributed by atoms with E-state index in [1.165, 1.54) is 7.11 Å². The van der Waals surface area contributed by atoms with Crippen LogP contribution in [-0.4, -0.2) is 44.1 Å². The van der Waals surface area contributed by atoms with Gasteiger partial charge in [0.25, 0.3) is 0 Å². The lowest BCUT2D eigenvalue weighted by molar-refractivity contribution is 0.101. The molecule has 0 amide bonds. The molecule has 5 nitrogen and oxygen atoms in total. The zero-order chi connectivity index (χ0) is 12.5. The van der Waals surface area contributed by atoms with Gasteiger partial charge in [0.1, 0.15) is 4.75 Å². The summed E-state index contributed by atoms with van der Waals surface area (Å²) in [4.78, 5) is 0. The van der Waals surface area contributed by atoms with Crippen molar-refractivity contribution in [3.8, 4) is 0 Å². The molecule has 2 fully saturated rings. The molecule has 2 atom stereocenters. The zero-order valence-corrected chi connectivity index (χ0v) is 11.0. The quantitative estimate of drug-likeness (QED) is 0.752. The van der Waals surface area contributed by atoms with Crippen molar-refractivity contribution in [2.75, 3.05) is 13.7 Å². The van der Waals surface area contributed by atoms with Crippen LogP contribution in [0.3, 0.4) is 0 Å². The van der Waals surface area contributed by atoms with E-state index in [1.54, 1.807) is 0 Å². The molecule has 2 N–H and O–H groups in total. The molecule has 0 aromatic rings. The highest BCUT2D eigenvalue weighted by molar-refractivity contribution is 7.91. The molecule has 0 bridgehead atoms. The second kappa shape index (κ2) is 4.84. The van der Waals surface area contributed by atoms with E-state index < -0.39 is 20.9 Å². The van der Waals surface area contributed by atoms with Crippen molar-refractivity contribution in [3.63, 3.8) is 0 Å². The van der Waals surface area contributed by atoms with Gasteiger partial charge in [-0.1, -0.05) is 12.8 Å². The van der Waals surface area contributed by atoms with Crippen LogP contribution >= 0.6 is 0 Å². The molecule has 2 aliphatic carbocycles. The van der Waals surface area contributed by atoms with Gasteiger partial charge in [0.05, 0.1) is 12.7 Å². The topological polar surface area (TPSA) is 75.6 Å². The van der Waals surface area contributed by atoms with Gasteiger partial charge in [-0.15, -0.1) is 0 Å². The van der Waals surface area contributed by atoms with Crippen molar-refractivity contribution in [1.29, 1.82) is 0 Å². The minimum Gasteiger partial charge on any atom is -0.391 e. The number of sulfonamides is 1. The van der Waals surface area contributed by atoms with E-state index in [-0.39, 0.29) is 12.6 Å². The fraction of sp³-hybridized carbons (Fsp3) is 1.00. The Morgan fingerprint density at radius 2 is 2.00 bits per heavy atom. The largest absolute Gasteiger partial charge is 0.391 e. The van der Waals surface area contributed by atoms with Crippen molar-refractivity contribution in [2.45, 2.75) is 55.4 Å². The third-order valence-electron chi connectivity index (χ3n) is 3.82. The summed E-state index contributed by atoms with van der Waals surface area (Å²) >= 11 is 0. The standard InChI is InChI=1S/C11H21NO4S/c1-16-8-11(6-7-11)17(14,15)12-9-4-2-3-5-10(9)13/h9-10,12-13H,2-8H2,1H3/t9-,10-/m1/s1. The van der Waals surface area contributed by atoms with E-state index in [0.29, 0.717) is 19.3 Å². The van der Waals surface area contributed by atoms with Gasteiger partial charge in [-0.2, -0.15) is 0 Å². The number of ether oxygens (including phenoxy) is 1. The van der Waals surface area contributed by atoms with Crippen LogP contribution in [0, 0.1) is 0 Å². The maximum atomic E-state index is 12.2. The Morgan fingerprint density at radius 1 is 1.35 bits per heavy atom.